The van der Waals surface area contributed by atoms with Gasteiger partial charge in [0.05, 0.1) is 6.10 Å². The van der Waals surface area contributed by atoms with Crippen LogP contribution in [-0.2, 0) is 12.8 Å². The Kier molecular flexibility index (Phi) is 4.91. The Morgan fingerprint density at radius 3 is 2.79 bits per heavy atom. The van der Waals surface area contributed by atoms with Crippen LogP contribution in [0.3, 0.4) is 0 Å². The maximum absolute atomic E-state index is 10.4. The molecule has 0 amide bonds. The third-order valence-electron chi connectivity index (χ3n) is 4.06. The summed E-state index contributed by atoms with van der Waals surface area (Å²) in [7, 11) is 4.20. The summed E-state index contributed by atoms with van der Waals surface area (Å²) in [5, 5.41) is 10.4. The number of rotatable bonds is 4. The lowest BCUT2D eigenvalue weighted by Crippen LogP contribution is -2.55. The number of aryl methyl sites for hydroxylation is 1. The van der Waals surface area contributed by atoms with Gasteiger partial charge in [0, 0.05) is 44.0 Å². The second-order valence-electron chi connectivity index (χ2n) is 5.59. The zero-order valence-electron chi connectivity index (χ0n) is 12.2. The van der Waals surface area contributed by atoms with Gasteiger partial charge in [-0.1, -0.05) is 13.0 Å². The maximum atomic E-state index is 10.4. The van der Waals surface area contributed by atoms with Crippen molar-refractivity contribution < 1.29 is 5.11 Å². The highest BCUT2D eigenvalue weighted by atomic mass is 16.3. The van der Waals surface area contributed by atoms with Crippen LogP contribution in [0.2, 0.25) is 0 Å². The van der Waals surface area contributed by atoms with E-state index in [2.05, 4.69) is 41.9 Å². The quantitative estimate of drug-likeness (QED) is 0.872. The lowest BCUT2D eigenvalue weighted by Gasteiger charge is -2.40. The zero-order valence-corrected chi connectivity index (χ0v) is 12.2. The minimum absolute atomic E-state index is 0.200. The molecule has 4 heteroatoms. The van der Waals surface area contributed by atoms with E-state index in [4.69, 9.17) is 0 Å². The lowest BCUT2D eigenvalue weighted by atomic mass is 10.0. The summed E-state index contributed by atoms with van der Waals surface area (Å²) in [5.74, 6) is 0. The van der Waals surface area contributed by atoms with E-state index in [1.54, 1.807) is 0 Å². The highest BCUT2D eigenvalue weighted by Gasteiger charge is 2.28. The van der Waals surface area contributed by atoms with Crippen LogP contribution in [0.1, 0.15) is 18.2 Å². The van der Waals surface area contributed by atoms with E-state index in [0.29, 0.717) is 6.42 Å². The molecule has 0 radical (unpaired) electrons. The molecule has 0 aliphatic carbocycles. The second kappa shape index (κ2) is 6.46. The smallest absolute Gasteiger partial charge is 0.0763 e. The molecule has 0 bridgehead atoms. The van der Waals surface area contributed by atoms with Crippen LogP contribution in [0.25, 0.3) is 0 Å². The normalized spacial score (nSPS) is 23.5. The van der Waals surface area contributed by atoms with Crippen molar-refractivity contribution in [1.82, 2.24) is 14.8 Å². The summed E-state index contributed by atoms with van der Waals surface area (Å²) in [6, 6.07) is 4.34. The molecule has 1 saturated heterocycles. The van der Waals surface area contributed by atoms with Crippen LogP contribution in [-0.4, -0.2) is 65.8 Å². The van der Waals surface area contributed by atoms with Gasteiger partial charge in [-0.2, -0.15) is 0 Å². The van der Waals surface area contributed by atoms with Gasteiger partial charge in [-0.15, -0.1) is 0 Å². The fourth-order valence-corrected chi connectivity index (χ4v) is 2.60. The standard InChI is InChI=1S/C15H25N3O/c1-4-12-5-6-13(16-10-12)9-15(19)14-11-17(2)7-8-18(14)3/h5-6,10,14-15,19H,4,7-9,11H2,1-3H3. The monoisotopic (exact) mass is 263 g/mol. The number of piperazine rings is 1. The molecule has 0 aromatic carbocycles. The van der Waals surface area contributed by atoms with E-state index < -0.39 is 0 Å². The van der Waals surface area contributed by atoms with Crippen LogP contribution in [0.4, 0.5) is 0 Å². The summed E-state index contributed by atoms with van der Waals surface area (Å²) < 4.78 is 0. The van der Waals surface area contributed by atoms with E-state index in [0.717, 1.165) is 31.7 Å². The molecular formula is C15H25N3O. The molecule has 1 fully saturated rings. The Morgan fingerprint density at radius 2 is 2.16 bits per heavy atom. The van der Waals surface area contributed by atoms with Gasteiger partial charge in [-0.05, 0) is 32.1 Å². The largest absolute Gasteiger partial charge is 0.391 e. The van der Waals surface area contributed by atoms with Gasteiger partial charge in [0.25, 0.3) is 0 Å². The third kappa shape index (κ3) is 3.75. The van der Waals surface area contributed by atoms with Gasteiger partial charge in [-0.3, -0.25) is 9.88 Å². The summed E-state index contributed by atoms with van der Waals surface area (Å²) in [4.78, 5) is 8.97. The predicted molar refractivity (Wildman–Crippen MR) is 77.2 cm³/mol. The minimum atomic E-state index is -0.354. The number of aliphatic hydroxyl groups is 1. The predicted octanol–water partition coefficient (Wildman–Crippen LogP) is 0.793. The number of aromatic nitrogens is 1. The Balaban J connectivity index is 1.96. The average Bonchev–Trinajstić information content (AvgIpc) is 2.42. The highest BCUT2D eigenvalue weighted by molar-refractivity contribution is 5.14. The second-order valence-corrected chi connectivity index (χ2v) is 5.59. The van der Waals surface area contributed by atoms with Crippen LogP contribution in [0.15, 0.2) is 18.3 Å². The van der Waals surface area contributed by atoms with E-state index in [9.17, 15) is 5.11 Å². The first kappa shape index (κ1) is 14.4. The SMILES string of the molecule is CCc1ccc(CC(O)C2CN(C)CCN2C)nc1. The number of pyridine rings is 1. The molecule has 1 aliphatic rings. The molecule has 19 heavy (non-hydrogen) atoms. The minimum Gasteiger partial charge on any atom is -0.391 e. The van der Waals surface area contributed by atoms with Gasteiger partial charge in [0.1, 0.15) is 0 Å². The first-order chi connectivity index (χ1) is 9.10. The van der Waals surface area contributed by atoms with Crippen molar-refractivity contribution in [2.75, 3.05) is 33.7 Å². The van der Waals surface area contributed by atoms with Gasteiger partial charge >= 0.3 is 0 Å². The summed E-state index contributed by atoms with van der Waals surface area (Å²) in [6.45, 7) is 5.13. The van der Waals surface area contributed by atoms with Gasteiger partial charge < -0.3 is 10.0 Å². The molecule has 106 valence electrons. The van der Waals surface area contributed by atoms with Gasteiger partial charge in [-0.25, -0.2) is 0 Å². The van der Waals surface area contributed by atoms with E-state index >= 15 is 0 Å². The number of hydrogen-bond acceptors (Lipinski definition) is 4. The van der Waals surface area contributed by atoms with Crippen molar-refractivity contribution in [2.24, 2.45) is 0 Å². The van der Waals surface area contributed by atoms with Crippen molar-refractivity contribution in [3.63, 3.8) is 0 Å². The van der Waals surface area contributed by atoms with E-state index in [-0.39, 0.29) is 12.1 Å². The molecule has 0 spiro atoms. The topological polar surface area (TPSA) is 39.6 Å². The Labute approximate surface area is 116 Å². The fourth-order valence-electron chi connectivity index (χ4n) is 2.60. The van der Waals surface area contributed by atoms with Gasteiger partial charge in [0.15, 0.2) is 0 Å². The molecule has 1 aliphatic heterocycles. The van der Waals surface area contributed by atoms with Crippen LogP contribution >= 0.6 is 0 Å². The highest BCUT2D eigenvalue weighted by Crippen LogP contribution is 2.13. The molecule has 0 saturated carbocycles. The Bertz CT molecular complexity index is 393. The first-order valence-electron chi connectivity index (χ1n) is 7.10. The first-order valence-corrected chi connectivity index (χ1v) is 7.10. The Hall–Kier alpha value is -0.970. The molecule has 1 N–H and O–H groups in total. The summed E-state index contributed by atoms with van der Waals surface area (Å²) in [5.41, 5.74) is 2.22. The molecule has 1 aromatic heterocycles. The molecule has 2 unspecified atom stereocenters. The molecule has 1 aromatic rings. The number of hydrogen-bond donors (Lipinski definition) is 1. The van der Waals surface area contributed by atoms with Gasteiger partial charge in [0.2, 0.25) is 0 Å². The number of likely N-dealkylation sites (N-methyl/N-ethyl adjacent to an activating group) is 2. The fraction of sp³-hybridized carbons (Fsp3) is 0.667. The molecular weight excluding hydrogens is 238 g/mol. The van der Waals surface area contributed by atoms with Crippen molar-refractivity contribution in [1.29, 1.82) is 0 Å². The number of aliphatic hydroxyl groups excluding tert-OH is 1. The zero-order chi connectivity index (χ0) is 13.8. The van der Waals surface area contributed by atoms with Crippen molar-refractivity contribution in [2.45, 2.75) is 31.9 Å². The average molecular weight is 263 g/mol. The molecule has 2 rings (SSSR count). The van der Waals surface area contributed by atoms with E-state index in [1.807, 2.05) is 12.3 Å². The Morgan fingerprint density at radius 1 is 1.37 bits per heavy atom. The third-order valence-corrected chi connectivity index (χ3v) is 4.06. The van der Waals surface area contributed by atoms with Crippen LogP contribution in [0, 0.1) is 0 Å². The van der Waals surface area contributed by atoms with E-state index in [1.165, 1.54) is 5.56 Å². The lowest BCUT2D eigenvalue weighted by molar-refractivity contribution is 0.0148. The maximum Gasteiger partial charge on any atom is 0.0763 e. The number of nitrogens with zero attached hydrogens (tertiary/aromatic N) is 3. The van der Waals surface area contributed by atoms with Crippen molar-refractivity contribution in [3.8, 4) is 0 Å². The van der Waals surface area contributed by atoms with Crippen LogP contribution < -0.4 is 0 Å². The summed E-state index contributed by atoms with van der Waals surface area (Å²) >= 11 is 0. The van der Waals surface area contributed by atoms with Crippen LogP contribution in [0.5, 0.6) is 0 Å². The summed E-state index contributed by atoms with van der Waals surface area (Å²) in [6.07, 6.45) is 3.20. The molecule has 4 nitrogen and oxygen atoms in total. The molecule has 2 atom stereocenters. The van der Waals surface area contributed by atoms with Crippen molar-refractivity contribution >= 4 is 0 Å². The van der Waals surface area contributed by atoms with Crippen molar-refractivity contribution in [3.05, 3.63) is 29.6 Å². The molecule has 2 heterocycles.